The Morgan fingerprint density at radius 1 is 1.16 bits per heavy atom. The molecule has 0 unspecified atom stereocenters. The van der Waals surface area contributed by atoms with E-state index >= 15 is 0 Å². The quantitative estimate of drug-likeness (QED) is 0.701. The van der Waals surface area contributed by atoms with E-state index in [0.717, 1.165) is 11.3 Å². The number of nitrogens with one attached hydrogen (secondary N) is 1. The van der Waals surface area contributed by atoms with Crippen LogP contribution in [0.3, 0.4) is 0 Å². The van der Waals surface area contributed by atoms with Crippen LogP contribution < -0.4 is 9.62 Å². The number of carbonyl (C=O) groups is 2. The smallest absolute Gasteiger partial charge is 0.307 e. The first-order chi connectivity index (χ1) is 11.9. The monoisotopic (exact) mass is 382 g/mol. The molecule has 1 aromatic heterocycles. The molecule has 1 aromatic carbocycles. The van der Waals surface area contributed by atoms with Crippen LogP contribution in [0.15, 0.2) is 52.1 Å². The lowest BCUT2D eigenvalue weighted by atomic mass is 10.3. The van der Waals surface area contributed by atoms with Gasteiger partial charge < -0.3 is 9.64 Å². The van der Waals surface area contributed by atoms with Crippen molar-refractivity contribution in [2.45, 2.75) is 10.6 Å². The number of likely N-dealkylation sites (N-methyl/N-ethyl adjacent to an activating group) is 1. The predicted octanol–water partition coefficient (Wildman–Crippen LogP) is 1.62. The summed E-state index contributed by atoms with van der Waals surface area (Å²) >= 11 is 1.09. The molecule has 0 atom stereocenters. The van der Waals surface area contributed by atoms with Crippen LogP contribution in [0.1, 0.15) is 6.42 Å². The first-order valence-electron chi connectivity index (χ1n) is 7.40. The van der Waals surface area contributed by atoms with Crippen molar-refractivity contribution in [3.8, 4) is 0 Å². The highest BCUT2D eigenvalue weighted by atomic mass is 32.2. The molecule has 0 fully saturated rings. The molecule has 1 N–H and O–H groups in total. The fourth-order valence-electron chi connectivity index (χ4n) is 1.88. The van der Waals surface area contributed by atoms with Crippen LogP contribution in [0.4, 0.5) is 5.69 Å². The van der Waals surface area contributed by atoms with Gasteiger partial charge in [-0.05, 0) is 23.6 Å². The number of anilines is 1. The number of benzene rings is 1. The maximum atomic E-state index is 12.0. The molecule has 134 valence electrons. The van der Waals surface area contributed by atoms with Crippen molar-refractivity contribution in [1.29, 1.82) is 0 Å². The SMILES string of the molecule is CN(C(=O)COC(=O)CCNS(=O)(=O)c1cccs1)c1ccccc1. The molecule has 1 heterocycles. The minimum absolute atomic E-state index is 0.0955. The molecule has 0 aliphatic heterocycles. The molecule has 0 radical (unpaired) electrons. The first kappa shape index (κ1) is 19.1. The van der Waals surface area contributed by atoms with Crippen molar-refractivity contribution in [1.82, 2.24) is 4.72 Å². The third-order valence-electron chi connectivity index (χ3n) is 3.26. The molecule has 25 heavy (non-hydrogen) atoms. The second-order valence-electron chi connectivity index (χ2n) is 5.03. The summed E-state index contributed by atoms with van der Waals surface area (Å²) in [6.45, 7) is -0.496. The molecule has 0 saturated carbocycles. The van der Waals surface area contributed by atoms with E-state index in [9.17, 15) is 18.0 Å². The van der Waals surface area contributed by atoms with Crippen molar-refractivity contribution in [3.63, 3.8) is 0 Å². The summed E-state index contributed by atoms with van der Waals surface area (Å²) in [5.74, 6) is -1.03. The van der Waals surface area contributed by atoms with E-state index in [1.54, 1.807) is 42.8 Å². The average Bonchev–Trinajstić information content (AvgIpc) is 3.15. The van der Waals surface area contributed by atoms with Crippen molar-refractivity contribution in [3.05, 3.63) is 47.8 Å². The lowest BCUT2D eigenvalue weighted by Crippen LogP contribution is -2.32. The molecule has 0 bridgehead atoms. The zero-order chi connectivity index (χ0) is 18.3. The van der Waals surface area contributed by atoms with E-state index in [1.165, 1.54) is 11.0 Å². The topological polar surface area (TPSA) is 92.8 Å². The van der Waals surface area contributed by atoms with Gasteiger partial charge in [-0.25, -0.2) is 13.1 Å². The Kier molecular flexibility index (Phi) is 6.68. The largest absolute Gasteiger partial charge is 0.456 e. The van der Waals surface area contributed by atoms with E-state index in [-0.39, 0.29) is 23.1 Å². The van der Waals surface area contributed by atoms with Crippen LogP contribution in [0.2, 0.25) is 0 Å². The molecule has 7 nitrogen and oxygen atoms in total. The number of nitrogens with zero attached hydrogens (tertiary/aromatic N) is 1. The van der Waals surface area contributed by atoms with E-state index in [1.807, 2.05) is 6.07 Å². The molecule has 0 aliphatic carbocycles. The molecule has 2 aromatic rings. The molecule has 0 spiro atoms. The van der Waals surface area contributed by atoms with Crippen LogP contribution >= 0.6 is 11.3 Å². The summed E-state index contributed by atoms with van der Waals surface area (Å²) in [4.78, 5) is 25.0. The van der Waals surface area contributed by atoms with Crippen LogP contribution in [0.5, 0.6) is 0 Å². The van der Waals surface area contributed by atoms with Crippen LogP contribution in [0, 0.1) is 0 Å². The van der Waals surface area contributed by atoms with Gasteiger partial charge in [0.1, 0.15) is 4.21 Å². The van der Waals surface area contributed by atoms with Crippen molar-refractivity contribution < 1.29 is 22.7 Å². The Morgan fingerprint density at radius 3 is 2.52 bits per heavy atom. The number of ether oxygens (including phenoxy) is 1. The first-order valence-corrected chi connectivity index (χ1v) is 9.77. The zero-order valence-electron chi connectivity index (χ0n) is 13.5. The Morgan fingerprint density at radius 2 is 1.88 bits per heavy atom. The third kappa shape index (κ3) is 5.66. The lowest BCUT2D eigenvalue weighted by molar-refractivity contribution is -0.147. The van der Waals surface area contributed by atoms with Gasteiger partial charge in [0, 0.05) is 19.3 Å². The van der Waals surface area contributed by atoms with Crippen molar-refractivity contribution >= 4 is 38.9 Å². The summed E-state index contributed by atoms with van der Waals surface area (Å²) in [5.41, 5.74) is 0.687. The van der Waals surface area contributed by atoms with Gasteiger partial charge in [0.2, 0.25) is 10.0 Å². The second kappa shape index (κ2) is 8.75. The molecular formula is C16H18N2O5S2. The predicted molar refractivity (Wildman–Crippen MR) is 94.9 cm³/mol. The minimum Gasteiger partial charge on any atom is -0.456 e. The van der Waals surface area contributed by atoms with Gasteiger partial charge in [-0.1, -0.05) is 24.3 Å². The Balaban J connectivity index is 1.73. The normalized spacial score (nSPS) is 11.1. The number of thiophene rings is 1. The standard InChI is InChI=1S/C16H18N2O5S2/c1-18(13-6-3-2-4-7-13)14(19)12-23-15(20)9-10-17-25(21,22)16-8-5-11-24-16/h2-8,11,17H,9-10,12H2,1H3. The maximum absolute atomic E-state index is 12.0. The van der Waals surface area contributed by atoms with Gasteiger partial charge >= 0.3 is 5.97 Å². The number of amides is 1. The Labute approximate surface area is 150 Å². The number of sulfonamides is 1. The van der Waals surface area contributed by atoms with Gasteiger partial charge in [0.25, 0.3) is 5.91 Å². The summed E-state index contributed by atoms with van der Waals surface area (Å²) < 4.78 is 31.1. The Hall–Kier alpha value is -2.23. The molecular weight excluding hydrogens is 364 g/mol. The lowest BCUT2D eigenvalue weighted by Gasteiger charge is -2.17. The van der Waals surface area contributed by atoms with E-state index in [0.29, 0.717) is 5.69 Å². The van der Waals surface area contributed by atoms with Crippen LogP contribution in [-0.2, 0) is 24.3 Å². The molecule has 0 aliphatic rings. The zero-order valence-corrected chi connectivity index (χ0v) is 15.2. The molecule has 9 heteroatoms. The highest BCUT2D eigenvalue weighted by molar-refractivity contribution is 7.91. The number of carbonyl (C=O) groups excluding carboxylic acids is 2. The van der Waals surface area contributed by atoms with Crippen molar-refractivity contribution in [2.24, 2.45) is 0 Å². The highest BCUT2D eigenvalue weighted by Crippen LogP contribution is 2.15. The van der Waals surface area contributed by atoms with E-state index < -0.39 is 22.6 Å². The van der Waals surface area contributed by atoms with E-state index in [4.69, 9.17) is 4.74 Å². The maximum Gasteiger partial charge on any atom is 0.307 e. The number of rotatable bonds is 8. The molecule has 1 amide bonds. The number of esters is 1. The van der Waals surface area contributed by atoms with Gasteiger partial charge in [0.15, 0.2) is 6.61 Å². The fraction of sp³-hybridized carbons (Fsp3) is 0.250. The summed E-state index contributed by atoms with van der Waals surface area (Å²) in [6, 6.07) is 12.1. The summed E-state index contributed by atoms with van der Waals surface area (Å²) in [6.07, 6.45) is -0.160. The average molecular weight is 382 g/mol. The fourth-order valence-corrected chi connectivity index (χ4v) is 3.95. The summed E-state index contributed by atoms with van der Waals surface area (Å²) in [7, 11) is -2.02. The third-order valence-corrected chi connectivity index (χ3v) is 6.11. The number of hydrogen-bond donors (Lipinski definition) is 1. The summed E-state index contributed by atoms with van der Waals surface area (Å²) in [5, 5.41) is 1.65. The van der Waals surface area contributed by atoms with Crippen LogP contribution in [0.25, 0.3) is 0 Å². The minimum atomic E-state index is -3.61. The Bertz CT molecular complexity index is 804. The number of hydrogen-bond acceptors (Lipinski definition) is 6. The number of para-hydroxylation sites is 1. The van der Waals surface area contributed by atoms with Gasteiger partial charge in [0.05, 0.1) is 6.42 Å². The van der Waals surface area contributed by atoms with Crippen molar-refractivity contribution in [2.75, 3.05) is 25.1 Å². The van der Waals surface area contributed by atoms with Gasteiger partial charge in [-0.3, -0.25) is 9.59 Å². The van der Waals surface area contributed by atoms with Gasteiger partial charge in [-0.2, -0.15) is 0 Å². The molecule has 2 rings (SSSR count). The van der Waals surface area contributed by atoms with Gasteiger partial charge in [-0.15, -0.1) is 11.3 Å². The van der Waals surface area contributed by atoms with E-state index in [2.05, 4.69) is 4.72 Å². The second-order valence-corrected chi connectivity index (χ2v) is 7.97. The highest BCUT2D eigenvalue weighted by Gasteiger charge is 2.16. The molecule has 0 saturated heterocycles. The van der Waals surface area contributed by atoms with Crippen LogP contribution in [-0.4, -0.2) is 40.5 Å².